The molecule has 2 rings (SSSR count). The van der Waals surface area contributed by atoms with Crippen molar-refractivity contribution in [3.05, 3.63) is 33.1 Å². The number of aromatic amines is 1. The molecule has 0 spiro atoms. The molecular formula is C16H28N2O10P2. The Morgan fingerprint density at radius 3 is 2.33 bits per heavy atom. The van der Waals surface area contributed by atoms with Crippen LogP contribution >= 0.6 is 15.4 Å². The maximum absolute atomic E-state index is 12.6. The molecule has 14 heteroatoms. The molecule has 30 heavy (non-hydrogen) atoms. The molecule has 0 amide bonds. The average molecular weight is 470 g/mol. The molecule has 0 bridgehead atoms. The first-order valence-corrected chi connectivity index (χ1v) is 12.5. The Labute approximate surface area is 173 Å². The fourth-order valence-electron chi connectivity index (χ4n) is 3.62. The minimum absolute atomic E-state index is 0.0348. The molecule has 1 aromatic rings. The summed E-state index contributed by atoms with van der Waals surface area (Å²) in [4.78, 5) is 54.5. The number of hydrogen-bond acceptors (Lipinski definition) is 7. The molecule has 1 unspecified atom stereocenters. The van der Waals surface area contributed by atoms with Gasteiger partial charge < -0.3 is 19.4 Å². The maximum Gasteiger partial charge on any atom is 0.473 e. The van der Waals surface area contributed by atoms with Gasteiger partial charge in [-0.25, -0.2) is 9.36 Å². The van der Waals surface area contributed by atoms with E-state index in [-0.39, 0.29) is 12.8 Å². The molecule has 0 saturated heterocycles. The third kappa shape index (κ3) is 6.96. The number of phosphoric ester groups is 1. The van der Waals surface area contributed by atoms with Gasteiger partial charge in [0.05, 0.1) is 23.9 Å². The van der Waals surface area contributed by atoms with Gasteiger partial charge in [0.1, 0.15) is 6.10 Å². The summed E-state index contributed by atoms with van der Waals surface area (Å²) in [5, 5.41) is 0. The number of nitrogens with one attached hydrogen (secondary N) is 1. The summed E-state index contributed by atoms with van der Waals surface area (Å²) < 4.78 is 41.0. The molecule has 172 valence electrons. The van der Waals surface area contributed by atoms with Gasteiger partial charge in [-0.15, -0.1) is 0 Å². The van der Waals surface area contributed by atoms with Gasteiger partial charge in [-0.05, 0) is 39.5 Å². The van der Waals surface area contributed by atoms with Gasteiger partial charge in [0.15, 0.2) is 0 Å². The van der Waals surface area contributed by atoms with Gasteiger partial charge in [-0.2, -0.15) is 0 Å². The molecule has 1 aromatic heterocycles. The molecule has 1 aliphatic carbocycles. The number of ether oxygens (including phenoxy) is 1. The molecule has 5 atom stereocenters. The molecule has 1 heterocycles. The number of aromatic nitrogens is 2. The van der Waals surface area contributed by atoms with Crippen LogP contribution in [0.15, 0.2) is 21.9 Å². The predicted molar refractivity (Wildman–Crippen MR) is 106 cm³/mol. The van der Waals surface area contributed by atoms with Crippen LogP contribution in [0.3, 0.4) is 0 Å². The summed E-state index contributed by atoms with van der Waals surface area (Å²) >= 11 is 0. The lowest BCUT2D eigenvalue weighted by molar-refractivity contribution is -0.0379. The molecular weight excluding hydrogens is 442 g/mol. The zero-order valence-electron chi connectivity index (χ0n) is 17.1. The molecule has 0 aromatic carbocycles. The Balaban J connectivity index is 2.42. The summed E-state index contributed by atoms with van der Waals surface area (Å²) in [5.41, 5.74) is -2.37. The Morgan fingerprint density at radius 2 is 1.83 bits per heavy atom. The van der Waals surface area contributed by atoms with Crippen molar-refractivity contribution in [2.24, 2.45) is 5.92 Å². The highest BCUT2D eigenvalue weighted by Crippen LogP contribution is 2.54. The van der Waals surface area contributed by atoms with Crippen LogP contribution in [-0.2, 0) is 22.9 Å². The SMILES string of the molecule is CO[C@@H]1[C@@H](CCP(=O)(O)O)C[C@H](n2ccc(=O)[nH]c2=O)[C@@H]1OP(=O)(O)OC(C)(C)C. The summed E-state index contributed by atoms with van der Waals surface area (Å²) in [5.74, 6) is -0.494. The molecule has 0 radical (unpaired) electrons. The predicted octanol–water partition coefficient (Wildman–Crippen LogP) is 0.981. The Bertz CT molecular complexity index is 946. The largest absolute Gasteiger partial charge is 0.473 e. The van der Waals surface area contributed by atoms with E-state index in [1.54, 1.807) is 20.8 Å². The van der Waals surface area contributed by atoms with Crippen LogP contribution in [0.2, 0.25) is 0 Å². The van der Waals surface area contributed by atoms with E-state index in [1.165, 1.54) is 13.3 Å². The Morgan fingerprint density at radius 1 is 1.20 bits per heavy atom. The maximum atomic E-state index is 12.6. The quantitative estimate of drug-likeness (QED) is 0.400. The lowest BCUT2D eigenvalue weighted by atomic mass is 10.0. The van der Waals surface area contributed by atoms with Crippen molar-refractivity contribution in [1.82, 2.24) is 9.55 Å². The van der Waals surface area contributed by atoms with Crippen molar-refractivity contribution in [3.8, 4) is 0 Å². The second-order valence-corrected chi connectivity index (χ2v) is 11.3. The molecule has 1 fully saturated rings. The van der Waals surface area contributed by atoms with Crippen molar-refractivity contribution in [1.29, 1.82) is 0 Å². The van der Waals surface area contributed by atoms with Crippen LogP contribution in [0.5, 0.6) is 0 Å². The van der Waals surface area contributed by atoms with Crippen LogP contribution in [0.25, 0.3) is 0 Å². The second-order valence-electron chi connectivity index (χ2n) is 8.20. The highest BCUT2D eigenvalue weighted by atomic mass is 31.2. The van der Waals surface area contributed by atoms with E-state index in [0.29, 0.717) is 0 Å². The van der Waals surface area contributed by atoms with Crippen LogP contribution in [0, 0.1) is 5.92 Å². The average Bonchev–Trinajstić information content (AvgIpc) is 2.86. The van der Waals surface area contributed by atoms with Gasteiger partial charge in [0.25, 0.3) is 5.56 Å². The third-order valence-corrected chi connectivity index (χ3v) is 6.76. The number of nitrogens with zero attached hydrogens (tertiary/aromatic N) is 1. The molecule has 1 saturated carbocycles. The topological polar surface area (TPSA) is 177 Å². The van der Waals surface area contributed by atoms with E-state index in [0.717, 1.165) is 10.6 Å². The smallest absolute Gasteiger partial charge is 0.378 e. The first kappa shape index (κ1) is 25.2. The normalized spacial score (nSPS) is 27.2. The van der Waals surface area contributed by atoms with E-state index in [4.69, 9.17) is 13.8 Å². The van der Waals surface area contributed by atoms with E-state index in [1.807, 2.05) is 0 Å². The van der Waals surface area contributed by atoms with Gasteiger partial charge in [0, 0.05) is 19.4 Å². The van der Waals surface area contributed by atoms with E-state index in [2.05, 4.69) is 4.98 Å². The highest BCUT2D eigenvalue weighted by Gasteiger charge is 2.49. The van der Waals surface area contributed by atoms with Gasteiger partial charge >= 0.3 is 21.1 Å². The monoisotopic (exact) mass is 470 g/mol. The lowest BCUT2D eigenvalue weighted by Gasteiger charge is -2.30. The summed E-state index contributed by atoms with van der Waals surface area (Å²) in [6, 6.07) is 0.276. The minimum Gasteiger partial charge on any atom is -0.378 e. The van der Waals surface area contributed by atoms with Crippen molar-refractivity contribution in [3.63, 3.8) is 0 Å². The summed E-state index contributed by atoms with van der Waals surface area (Å²) in [6.07, 6.45) is -1.01. The van der Waals surface area contributed by atoms with E-state index in [9.17, 15) is 33.4 Å². The van der Waals surface area contributed by atoms with Gasteiger partial charge in [0.2, 0.25) is 0 Å². The Kier molecular flexibility index (Phi) is 7.70. The van der Waals surface area contributed by atoms with Crippen molar-refractivity contribution < 1.29 is 37.6 Å². The lowest BCUT2D eigenvalue weighted by Crippen LogP contribution is -2.39. The minimum atomic E-state index is -4.60. The molecule has 1 aliphatic rings. The van der Waals surface area contributed by atoms with Gasteiger partial charge in [-0.1, -0.05) is 0 Å². The number of methoxy groups -OCH3 is 1. The number of H-pyrrole nitrogens is 1. The van der Waals surface area contributed by atoms with Crippen LogP contribution in [0.4, 0.5) is 0 Å². The fourth-order valence-corrected chi connectivity index (χ4v) is 5.59. The van der Waals surface area contributed by atoms with E-state index >= 15 is 0 Å². The third-order valence-electron chi connectivity index (χ3n) is 4.63. The van der Waals surface area contributed by atoms with Crippen molar-refractivity contribution in [2.45, 2.75) is 57.5 Å². The standard InChI is InChI=1S/C16H28N2O10P2/c1-16(2,3)28-30(24,25)27-14-11(18-7-5-12(19)17-15(18)20)9-10(13(14)26-4)6-8-29(21,22)23/h5,7,10-11,13-14H,6,8-9H2,1-4H3,(H,24,25)(H,17,19,20)(H2,21,22,23)/t10-,11-,13+,14-/m0/s1. The van der Waals surface area contributed by atoms with Crippen LogP contribution in [0.1, 0.15) is 39.7 Å². The summed E-state index contributed by atoms with van der Waals surface area (Å²) in [7, 11) is -7.56. The van der Waals surface area contributed by atoms with E-state index < -0.39 is 62.6 Å². The molecule has 0 aliphatic heterocycles. The fraction of sp³-hybridized carbons (Fsp3) is 0.750. The first-order valence-electron chi connectivity index (χ1n) is 9.23. The molecule has 4 N–H and O–H groups in total. The van der Waals surface area contributed by atoms with Crippen LogP contribution < -0.4 is 11.2 Å². The van der Waals surface area contributed by atoms with Crippen molar-refractivity contribution in [2.75, 3.05) is 13.3 Å². The number of hydrogen-bond donors (Lipinski definition) is 4. The number of rotatable bonds is 8. The number of phosphoric acid groups is 1. The van der Waals surface area contributed by atoms with Crippen LogP contribution in [-0.4, -0.2) is 55.3 Å². The highest BCUT2D eigenvalue weighted by molar-refractivity contribution is 7.51. The summed E-state index contributed by atoms with van der Waals surface area (Å²) in [6.45, 7) is 4.69. The zero-order valence-corrected chi connectivity index (χ0v) is 18.9. The molecule has 12 nitrogen and oxygen atoms in total. The Hall–Kier alpha value is -1.10. The second kappa shape index (κ2) is 9.18. The first-order chi connectivity index (χ1) is 13.6. The van der Waals surface area contributed by atoms with Gasteiger partial charge in [-0.3, -0.25) is 28.0 Å². The van der Waals surface area contributed by atoms with Crippen molar-refractivity contribution >= 4 is 15.4 Å². The zero-order chi connectivity index (χ0) is 22.9.